The van der Waals surface area contributed by atoms with Crippen LogP contribution < -0.4 is 5.32 Å². The maximum Gasteiger partial charge on any atom is 0.179 e. The lowest BCUT2D eigenvalue weighted by Gasteiger charge is -2.08. The summed E-state index contributed by atoms with van der Waals surface area (Å²) in [6.07, 6.45) is 0. The molecule has 0 amide bonds. The van der Waals surface area contributed by atoms with Crippen LogP contribution in [0.1, 0.15) is 13.8 Å². The molecule has 1 aromatic rings. The van der Waals surface area contributed by atoms with Crippen molar-refractivity contribution in [3.63, 3.8) is 0 Å². The van der Waals surface area contributed by atoms with Gasteiger partial charge in [0.15, 0.2) is 21.5 Å². The Labute approximate surface area is 99.8 Å². The van der Waals surface area contributed by atoms with Crippen molar-refractivity contribution < 1.29 is 17.2 Å². The molecule has 0 aromatic heterocycles. The fraction of sp³-hybridized carbons (Fsp3) is 0.455. The quantitative estimate of drug-likeness (QED) is 0.823. The second kappa shape index (κ2) is 5.55. The summed E-state index contributed by atoms with van der Waals surface area (Å²) in [4.78, 5) is -0.193. The predicted molar refractivity (Wildman–Crippen MR) is 61.5 cm³/mol. The van der Waals surface area contributed by atoms with E-state index in [1.54, 1.807) is 0 Å². The highest BCUT2D eigenvalue weighted by molar-refractivity contribution is 7.91. The van der Waals surface area contributed by atoms with Gasteiger partial charge in [0.1, 0.15) is 0 Å². The molecule has 0 saturated heterocycles. The third-order valence-electron chi connectivity index (χ3n) is 2.17. The lowest BCUT2D eigenvalue weighted by molar-refractivity contribution is 0.504. The number of hydrogen-bond acceptors (Lipinski definition) is 3. The number of sulfone groups is 1. The summed E-state index contributed by atoms with van der Waals surface area (Å²) in [5, 5.41) is 2.95. The largest absolute Gasteiger partial charge is 0.314 e. The molecule has 1 aromatic carbocycles. The molecule has 0 saturated carbocycles. The van der Waals surface area contributed by atoms with E-state index in [0.29, 0.717) is 6.07 Å². The van der Waals surface area contributed by atoms with E-state index in [1.807, 2.05) is 13.8 Å². The number of benzene rings is 1. The molecule has 3 nitrogen and oxygen atoms in total. The fourth-order valence-electron chi connectivity index (χ4n) is 1.27. The van der Waals surface area contributed by atoms with Crippen molar-refractivity contribution in [3.05, 3.63) is 29.8 Å². The van der Waals surface area contributed by atoms with Crippen LogP contribution in [0.3, 0.4) is 0 Å². The summed E-state index contributed by atoms with van der Waals surface area (Å²) in [6.45, 7) is 4.06. The third kappa shape index (κ3) is 4.05. The van der Waals surface area contributed by atoms with Gasteiger partial charge in [0.25, 0.3) is 0 Å². The van der Waals surface area contributed by atoms with Gasteiger partial charge in [-0.2, -0.15) is 0 Å². The average molecular weight is 263 g/mol. The van der Waals surface area contributed by atoms with Crippen LogP contribution in [0, 0.1) is 11.6 Å². The van der Waals surface area contributed by atoms with Crippen LogP contribution in [0.25, 0.3) is 0 Å². The minimum Gasteiger partial charge on any atom is -0.314 e. The fourth-order valence-corrected chi connectivity index (χ4v) is 2.45. The Morgan fingerprint density at radius 1 is 1.24 bits per heavy atom. The summed E-state index contributed by atoms with van der Waals surface area (Å²) < 4.78 is 49.1. The monoisotopic (exact) mass is 263 g/mol. The van der Waals surface area contributed by atoms with Gasteiger partial charge in [-0.1, -0.05) is 13.8 Å². The van der Waals surface area contributed by atoms with Crippen molar-refractivity contribution in [1.82, 2.24) is 5.32 Å². The second-order valence-electron chi connectivity index (χ2n) is 4.00. The molecular formula is C11H15F2NO2S. The Kier molecular flexibility index (Phi) is 4.59. The maximum atomic E-state index is 12.9. The lowest BCUT2D eigenvalue weighted by Crippen LogP contribution is -2.28. The van der Waals surface area contributed by atoms with Crippen molar-refractivity contribution in [3.8, 4) is 0 Å². The van der Waals surface area contributed by atoms with Crippen LogP contribution in [-0.4, -0.2) is 26.8 Å². The Bertz CT molecular complexity index is 486. The normalized spacial score (nSPS) is 12.1. The molecule has 0 unspecified atom stereocenters. The van der Waals surface area contributed by atoms with Gasteiger partial charge in [-0.05, 0) is 18.2 Å². The van der Waals surface area contributed by atoms with E-state index in [2.05, 4.69) is 5.32 Å². The van der Waals surface area contributed by atoms with Gasteiger partial charge in [-0.15, -0.1) is 0 Å². The zero-order valence-electron chi connectivity index (χ0n) is 9.70. The third-order valence-corrected chi connectivity index (χ3v) is 3.89. The Hall–Kier alpha value is -1.01. The summed E-state index contributed by atoms with van der Waals surface area (Å²) in [5.41, 5.74) is 0. The van der Waals surface area contributed by atoms with Crippen LogP contribution in [0.15, 0.2) is 23.1 Å². The van der Waals surface area contributed by atoms with E-state index in [1.165, 1.54) is 0 Å². The highest BCUT2D eigenvalue weighted by Gasteiger charge is 2.16. The molecule has 6 heteroatoms. The number of halogens is 2. The van der Waals surface area contributed by atoms with Crippen LogP contribution >= 0.6 is 0 Å². The van der Waals surface area contributed by atoms with Gasteiger partial charge in [0, 0.05) is 12.6 Å². The Morgan fingerprint density at radius 2 is 1.88 bits per heavy atom. The predicted octanol–water partition coefficient (Wildman–Crippen LogP) is 1.74. The highest BCUT2D eigenvalue weighted by Crippen LogP contribution is 2.14. The molecule has 1 rings (SSSR count). The van der Waals surface area contributed by atoms with Crippen molar-refractivity contribution in [1.29, 1.82) is 0 Å². The second-order valence-corrected chi connectivity index (χ2v) is 6.11. The van der Waals surface area contributed by atoms with Crippen LogP contribution in [0.4, 0.5) is 8.78 Å². The topological polar surface area (TPSA) is 46.2 Å². The molecule has 0 aliphatic heterocycles. The molecule has 17 heavy (non-hydrogen) atoms. The number of rotatable bonds is 5. The maximum absolute atomic E-state index is 12.9. The molecule has 0 bridgehead atoms. The van der Waals surface area contributed by atoms with E-state index in [4.69, 9.17) is 0 Å². The van der Waals surface area contributed by atoms with E-state index >= 15 is 0 Å². The molecule has 1 N–H and O–H groups in total. The summed E-state index contributed by atoms with van der Waals surface area (Å²) >= 11 is 0. The Balaban J connectivity index is 2.79. The smallest absolute Gasteiger partial charge is 0.179 e. The number of hydrogen-bond donors (Lipinski definition) is 1. The van der Waals surface area contributed by atoms with E-state index in [-0.39, 0.29) is 23.2 Å². The first kappa shape index (κ1) is 14.1. The van der Waals surface area contributed by atoms with Gasteiger partial charge in [-0.25, -0.2) is 17.2 Å². The zero-order chi connectivity index (χ0) is 13.1. The number of nitrogens with one attached hydrogen (secondary N) is 1. The highest BCUT2D eigenvalue weighted by atomic mass is 32.2. The first-order valence-corrected chi connectivity index (χ1v) is 6.89. The molecule has 0 fully saturated rings. The zero-order valence-corrected chi connectivity index (χ0v) is 10.5. The van der Waals surface area contributed by atoms with Crippen LogP contribution in [0.2, 0.25) is 0 Å². The molecular weight excluding hydrogens is 248 g/mol. The SMILES string of the molecule is CC(C)NCCS(=O)(=O)c1ccc(F)c(F)c1. The van der Waals surface area contributed by atoms with E-state index in [9.17, 15) is 17.2 Å². The molecule has 0 spiro atoms. The van der Waals surface area contributed by atoms with Gasteiger partial charge in [0.05, 0.1) is 10.6 Å². The molecule has 0 atom stereocenters. The van der Waals surface area contributed by atoms with Crippen molar-refractivity contribution >= 4 is 9.84 Å². The Morgan fingerprint density at radius 3 is 2.41 bits per heavy atom. The summed E-state index contributed by atoms with van der Waals surface area (Å²) in [6, 6.07) is 2.77. The van der Waals surface area contributed by atoms with Gasteiger partial charge in [-0.3, -0.25) is 0 Å². The molecule has 0 aliphatic rings. The summed E-state index contributed by atoms with van der Waals surface area (Å²) in [7, 11) is -3.56. The summed E-state index contributed by atoms with van der Waals surface area (Å²) in [5.74, 6) is -2.34. The van der Waals surface area contributed by atoms with Crippen molar-refractivity contribution in [2.24, 2.45) is 0 Å². The average Bonchev–Trinajstić information content (AvgIpc) is 2.21. The lowest BCUT2D eigenvalue weighted by atomic mass is 10.3. The van der Waals surface area contributed by atoms with E-state index < -0.39 is 21.5 Å². The van der Waals surface area contributed by atoms with Gasteiger partial charge >= 0.3 is 0 Å². The van der Waals surface area contributed by atoms with Crippen molar-refractivity contribution in [2.75, 3.05) is 12.3 Å². The molecule has 0 heterocycles. The minimum atomic E-state index is -3.56. The standard InChI is InChI=1S/C11H15F2NO2S/c1-8(2)14-5-6-17(15,16)9-3-4-10(12)11(13)7-9/h3-4,7-8,14H,5-6H2,1-2H3. The van der Waals surface area contributed by atoms with Crippen LogP contribution in [0.5, 0.6) is 0 Å². The van der Waals surface area contributed by atoms with Gasteiger partial charge < -0.3 is 5.32 Å². The molecule has 96 valence electrons. The molecule has 0 aliphatic carbocycles. The van der Waals surface area contributed by atoms with Crippen LogP contribution in [-0.2, 0) is 9.84 Å². The van der Waals surface area contributed by atoms with E-state index in [0.717, 1.165) is 12.1 Å². The van der Waals surface area contributed by atoms with Crippen molar-refractivity contribution in [2.45, 2.75) is 24.8 Å². The minimum absolute atomic E-state index is 0.143. The first-order chi connectivity index (χ1) is 7.83. The molecule has 0 radical (unpaired) electrons. The van der Waals surface area contributed by atoms with Gasteiger partial charge in [0.2, 0.25) is 0 Å². The first-order valence-electron chi connectivity index (χ1n) is 5.24.